The molecule has 3 rings (SSSR count). The molecule has 2 aromatic heterocycles. The molecule has 3 aromatic rings. The number of aromatic nitrogens is 2. The van der Waals surface area contributed by atoms with Crippen LogP contribution in [0.2, 0.25) is 0 Å². The minimum absolute atomic E-state index is 0.107. The van der Waals surface area contributed by atoms with Gasteiger partial charge in [0.1, 0.15) is 0 Å². The van der Waals surface area contributed by atoms with E-state index >= 15 is 0 Å². The van der Waals surface area contributed by atoms with Crippen LogP contribution in [0.3, 0.4) is 0 Å². The van der Waals surface area contributed by atoms with E-state index in [9.17, 15) is 9.90 Å². The van der Waals surface area contributed by atoms with Gasteiger partial charge in [-0.25, -0.2) is 4.98 Å². The lowest BCUT2D eigenvalue weighted by Gasteiger charge is -2.23. The van der Waals surface area contributed by atoms with E-state index in [0.29, 0.717) is 28.1 Å². The van der Waals surface area contributed by atoms with Crippen LogP contribution >= 0.6 is 0 Å². The van der Waals surface area contributed by atoms with Crippen molar-refractivity contribution in [1.82, 2.24) is 15.0 Å². The Bertz CT molecular complexity index is 916. The average Bonchev–Trinajstić information content (AvgIpc) is 3.00. The number of aliphatic hydroxyl groups is 1. The van der Waals surface area contributed by atoms with Crippen LogP contribution < -0.4 is 0 Å². The summed E-state index contributed by atoms with van der Waals surface area (Å²) in [6, 6.07) is 9.38. The van der Waals surface area contributed by atoms with Gasteiger partial charge in [0.25, 0.3) is 11.6 Å². The number of carbonyl (C=O) groups excluding carboxylic acids is 1. The summed E-state index contributed by atoms with van der Waals surface area (Å²) in [6.45, 7) is 5.48. The van der Waals surface area contributed by atoms with Gasteiger partial charge in [0.15, 0.2) is 0 Å². The Morgan fingerprint density at radius 2 is 1.96 bits per heavy atom. The van der Waals surface area contributed by atoms with Crippen LogP contribution in [-0.4, -0.2) is 45.8 Å². The summed E-state index contributed by atoms with van der Waals surface area (Å²) in [4.78, 5) is 19.0. The van der Waals surface area contributed by atoms with E-state index in [1.54, 1.807) is 27.0 Å². The molecule has 1 aromatic carbocycles. The molecule has 25 heavy (non-hydrogen) atoms. The average molecular weight is 339 g/mol. The maximum atomic E-state index is 13.0. The Hall–Kier alpha value is -2.73. The molecule has 1 atom stereocenters. The zero-order chi connectivity index (χ0) is 18.1. The molecule has 0 fully saturated rings. The predicted molar refractivity (Wildman–Crippen MR) is 95.4 cm³/mol. The highest BCUT2D eigenvalue weighted by Gasteiger charge is 2.23. The molecular formula is C19H21N3O3. The first-order chi connectivity index (χ1) is 11.9. The number of amides is 1. The van der Waals surface area contributed by atoms with Crippen LogP contribution in [0.25, 0.3) is 22.4 Å². The van der Waals surface area contributed by atoms with Gasteiger partial charge in [0, 0.05) is 12.6 Å². The number of hydrogen-bond acceptors (Lipinski definition) is 5. The van der Waals surface area contributed by atoms with E-state index in [2.05, 4.69) is 10.1 Å². The van der Waals surface area contributed by atoms with E-state index in [-0.39, 0.29) is 18.6 Å². The second-order valence-corrected chi connectivity index (χ2v) is 6.32. The van der Waals surface area contributed by atoms with Crippen LogP contribution in [0.4, 0.5) is 0 Å². The van der Waals surface area contributed by atoms with Crippen LogP contribution in [0, 0.1) is 13.8 Å². The maximum Gasteiger partial charge on any atom is 0.259 e. The fourth-order valence-corrected chi connectivity index (χ4v) is 2.65. The van der Waals surface area contributed by atoms with Crippen LogP contribution in [0.1, 0.15) is 28.5 Å². The third-order valence-electron chi connectivity index (χ3n) is 4.44. The number of fused-ring (bicyclic) bond motifs is 1. The molecule has 0 saturated heterocycles. The summed E-state index contributed by atoms with van der Waals surface area (Å²) < 4.78 is 5.31. The molecule has 2 heterocycles. The van der Waals surface area contributed by atoms with Crippen molar-refractivity contribution in [1.29, 1.82) is 0 Å². The number of aliphatic hydroxyl groups excluding tert-OH is 1. The molecule has 6 heteroatoms. The topological polar surface area (TPSA) is 79.5 Å². The standard InChI is InChI=1S/C19H21N3O3/c1-11-5-7-14(8-6-11)16-9-15(19(24)22(4)12(2)10-23)17-13(3)21-25-18(17)20-16/h5-9,12,23H,10H2,1-4H3. The van der Waals surface area contributed by atoms with Gasteiger partial charge in [-0.2, -0.15) is 0 Å². The van der Waals surface area contributed by atoms with Gasteiger partial charge in [-0.1, -0.05) is 35.0 Å². The second kappa shape index (κ2) is 6.64. The van der Waals surface area contributed by atoms with Crippen molar-refractivity contribution in [3.05, 3.63) is 47.2 Å². The Morgan fingerprint density at radius 1 is 1.28 bits per heavy atom. The lowest BCUT2D eigenvalue weighted by Crippen LogP contribution is -2.37. The zero-order valence-corrected chi connectivity index (χ0v) is 14.8. The smallest absolute Gasteiger partial charge is 0.259 e. The highest BCUT2D eigenvalue weighted by atomic mass is 16.5. The van der Waals surface area contributed by atoms with Crippen molar-refractivity contribution < 1.29 is 14.4 Å². The number of likely N-dealkylation sites (N-methyl/N-ethyl adjacent to an activating group) is 1. The highest BCUT2D eigenvalue weighted by molar-refractivity contribution is 6.07. The molecule has 0 radical (unpaired) electrons. The van der Waals surface area contributed by atoms with Crippen LogP contribution in [0.15, 0.2) is 34.9 Å². The number of aryl methyl sites for hydroxylation is 2. The van der Waals surface area contributed by atoms with Gasteiger partial charge < -0.3 is 14.5 Å². The summed E-state index contributed by atoms with van der Waals surface area (Å²) in [5.41, 5.74) is 4.12. The first-order valence-corrected chi connectivity index (χ1v) is 8.14. The summed E-state index contributed by atoms with van der Waals surface area (Å²) in [5.74, 6) is -0.200. The molecule has 0 aliphatic carbocycles. The SMILES string of the molecule is Cc1ccc(-c2cc(C(=O)N(C)C(C)CO)c3c(C)noc3n2)cc1. The highest BCUT2D eigenvalue weighted by Crippen LogP contribution is 2.28. The van der Waals surface area contributed by atoms with Gasteiger partial charge in [0.2, 0.25) is 0 Å². The fraction of sp³-hybridized carbons (Fsp3) is 0.316. The molecule has 0 aliphatic rings. The lowest BCUT2D eigenvalue weighted by molar-refractivity contribution is 0.0684. The molecular weight excluding hydrogens is 318 g/mol. The number of carbonyl (C=O) groups is 1. The largest absolute Gasteiger partial charge is 0.394 e. The van der Waals surface area contributed by atoms with Gasteiger partial charge >= 0.3 is 0 Å². The molecule has 6 nitrogen and oxygen atoms in total. The third kappa shape index (κ3) is 3.13. The summed E-state index contributed by atoms with van der Waals surface area (Å²) in [6.07, 6.45) is 0. The van der Waals surface area contributed by atoms with Crippen molar-refractivity contribution in [2.45, 2.75) is 26.8 Å². The van der Waals surface area contributed by atoms with Crippen molar-refractivity contribution >= 4 is 17.0 Å². The number of nitrogens with zero attached hydrogens (tertiary/aromatic N) is 3. The molecule has 1 N–H and O–H groups in total. The normalized spacial score (nSPS) is 12.4. The quantitative estimate of drug-likeness (QED) is 0.790. The summed E-state index contributed by atoms with van der Waals surface area (Å²) >= 11 is 0. The number of hydrogen-bond donors (Lipinski definition) is 1. The minimum Gasteiger partial charge on any atom is -0.394 e. The van der Waals surface area contributed by atoms with E-state index in [0.717, 1.165) is 11.1 Å². The van der Waals surface area contributed by atoms with Crippen molar-refractivity contribution in [2.24, 2.45) is 0 Å². The van der Waals surface area contributed by atoms with Gasteiger partial charge in [-0.05, 0) is 26.8 Å². The zero-order valence-electron chi connectivity index (χ0n) is 14.8. The summed E-state index contributed by atoms with van der Waals surface area (Å²) in [7, 11) is 1.67. The second-order valence-electron chi connectivity index (χ2n) is 6.32. The number of rotatable bonds is 4. The minimum atomic E-state index is -0.293. The van der Waals surface area contributed by atoms with Crippen molar-refractivity contribution in [3.63, 3.8) is 0 Å². The number of pyridine rings is 1. The number of benzene rings is 1. The Labute approximate surface area is 146 Å². The van der Waals surface area contributed by atoms with E-state index in [1.165, 1.54) is 4.90 Å². The Kier molecular flexibility index (Phi) is 4.55. The molecule has 130 valence electrons. The Morgan fingerprint density at radius 3 is 2.60 bits per heavy atom. The molecule has 0 bridgehead atoms. The fourth-order valence-electron chi connectivity index (χ4n) is 2.65. The van der Waals surface area contributed by atoms with E-state index < -0.39 is 0 Å². The third-order valence-corrected chi connectivity index (χ3v) is 4.44. The molecule has 0 aliphatic heterocycles. The Balaban J connectivity index is 2.17. The van der Waals surface area contributed by atoms with Gasteiger partial charge in [-0.3, -0.25) is 4.79 Å². The monoisotopic (exact) mass is 339 g/mol. The van der Waals surface area contributed by atoms with Crippen molar-refractivity contribution in [3.8, 4) is 11.3 Å². The van der Waals surface area contributed by atoms with Gasteiger partial charge in [0.05, 0.1) is 35.0 Å². The molecule has 0 saturated carbocycles. The van der Waals surface area contributed by atoms with Gasteiger partial charge in [-0.15, -0.1) is 0 Å². The van der Waals surface area contributed by atoms with E-state index in [4.69, 9.17) is 4.52 Å². The van der Waals surface area contributed by atoms with Crippen molar-refractivity contribution in [2.75, 3.05) is 13.7 Å². The predicted octanol–water partition coefficient (Wildman–Crippen LogP) is 2.96. The first kappa shape index (κ1) is 17.1. The molecule has 1 amide bonds. The molecule has 1 unspecified atom stereocenters. The first-order valence-electron chi connectivity index (χ1n) is 8.14. The van der Waals surface area contributed by atoms with E-state index in [1.807, 2.05) is 31.2 Å². The molecule has 0 spiro atoms. The van der Waals surface area contributed by atoms with Crippen LogP contribution in [0.5, 0.6) is 0 Å². The summed E-state index contributed by atoms with van der Waals surface area (Å²) in [5, 5.41) is 13.9. The lowest BCUT2D eigenvalue weighted by atomic mass is 10.0. The maximum absolute atomic E-state index is 13.0. The van der Waals surface area contributed by atoms with Crippen LogP contribution in [-0.2, 0) is 0 Å².